The van der Waals surface area contributed by atoms with E-state index < -0.39 is 10.2 Å². The summed E-state index contributed by atoms with van der Waals surface area (Å²) < 4.78 is 29.3. The summed E-state index contributed by atoms with van der Waals surface area (Å²) >= 11 is 0. The number of hydrogen-bond acceptors (Lipinski definition) is 3. The van der Waals surface area contributed by atoms with Gasteiger partial charge in [0.25, 0.3) is 10.2 Å². The summed E-state index contributed by atoms with van der Waals surface area (Å²) in [6.45, 7) is 10.4. The van der Waals surface area contributed by atoms with Crippen molar-refractivity contribution in [3.63, 3.8) is 0 Å². The van der Waals surface area contributed by atoms with Crippen LogP contribution in [0.5, 0.6) is 0 Å². The normalized spacial score (nSPS) is 29.5. The molecule has 0 aromatic heterocycles. The van der Waals surface area contributed by atoms with Crippen LogP contribution in [0.2, 0.25) is 0 Å². The van der Waals surface area contributed by atoms with E-state index in [1.54, 1.807) is 4.31 Å². The van der Waals surface area contributed by atoms with E-state index in [1.807, 2.05) is 0 Å². The summed E-state index contributed by atoms with van der Waals surface area (Å²) in [5, 5.41) is 3.41. The lowest BCUT2D eigenvalue weighted by atomic mass is 10.00. The van der Waals surface area contributed by atoms with Crippen LogP contribution in [0.25, 0.3) is 0 Å². The van der Waals surface area contributed by atoms with Crippen LogP contribution in [0, 0.1) is 17.3 Å². The highest BCUT2D eigenvalue weighted by Crippen LogP contribution is 2.51. The molecule has 2 unspecified atom stereocenters. The number of nitrogens with zero attached hydrogens (tertiary/aromatic N) is 1. The van der Waals surface area contributed by atoms with Crippen molar-refractivity contribution >= 4 is 10.2 Å². The molecular weight excluding hydrogens is 286 g/mol. The Labute approximate surface area is 130 Å². The van der Waals surface area contributed by atoms with Crippen molar-refractivity contribution in [3.05, 3.63) is 0 Å². The Morgan fingerprint density at radius 3 is 2.62 bits per heavy atom. The van der Waals surface area contributed by atoms with Crippen LogP contribution < -0.4 is 10.0 Å². The molecule has 2 aliphatic rings. The second kappa shape index (κ2) is 6.94. The minimum atomic E-state index is -3.30. The van der Waals surface area contributed by atoms with E-state index in [9.17, 15) is 8.42 Å². The summed E-state index contributed by atoms with van der Waals surface area (Å²) in [7, 11) is -3.30. The van der Waals surface area contributed by atoms with Gasteiger partial charge in [-0.2, -0.15) is 12.7 Å². The fraction of sp³-hybridized carbons (Fsp3) is 1.00. The molecule has 0 aromatic carbocycles. The van der Waals surface area contributed by atoms with Gasteiger partial charge in [0.2, 0.25) is 0 Å². The summed E-state index contributed by atoms with van der Waals surface area (Å²) in [5.41, 5.74) is 0.316. The van der Waals surface area contributed by atoms with Gasteiger partial charge in [-0.15, -0.1) is 0 Å². The molecule has 124 valence electrons. The van der Waals surface area contributed by atoms with Crippen molar-refractivity contribution in [3.8, 4) is 0 Å². The van der Waals surface area contributed by atoms with Gasteiger partial charge in [0.1, 0.15) is 0 Å². The predicted molar refractivity (Wildman–Crippen MR) is 86.3 cm³/mol. The number of nitrogens with one attached hydrogen (secondary N) is 2. The van der Waals surface area contributed by atoms with E-state index in [0.717, 1.165) is 38.8 Å². The average Bonchev–Trinajstić information content (AvgIpc) is 3.05. The first-order chi connectivity index (χ1) is 9.85. The summed E-state index contributed by atoms with van der Waals surface area (Å²) in [6, 6.07) is 0. The first-order valence-corrected chi connectivity index (χ1v) is 9.74. The quantitative estimate of drug-likeness (QED) is 0.668. The van der Waals surface area contributed by atoms with Crippen molar-refractivity contribution < 1.29 is 8.42 Å². The van der Waals surface area contributed by atoms with E-state index in [-0.39, 0.29) is 0 Å². The molecule has 5 nitrogen and oxygen atoms in total. The lowest BCUT2D eigenvalue weighted by Gasteiger charge is -2.32. The monoisotopic (exact) mass is 317 g/mol. The first kappa shape index (κ1) is 17.2. The van der Waals surface area contributed by atoms with Gasteiger partial charge in [-0.25, -0.2) is 4.72 Å². The second-order valence-electron chi connectivity index (χ2n) is 7.31. The molecular formula is C15H31N3O2S. The zero-order valence-corrected chi connectivity index (χ0v) is 14.5. The maximum absolute atomic E-state index is 12.4. The van der Waals surface area contributed by atoms with E-state index in [2.05, 4.69) is 30.8 Å². The van der Waals surface area contributed by atoms with E-state index in [1.165, 1.54) is 0 Å². The van der Waals surface area contributed by atoms with Crippen molar-refractivity contribution in [1.82, 2.24) is 14.3 Å². The summed E-state index contributed by atoms with van der Waals surface area (Å²) in [4.78, 5) is 0. The van der Waals surface area contributed by atoms with Gasteiger partial charge in [0.15, 0.2) is 0 Å². The number of rotatable bonds is 8. The minimum absolute atomic E-state index is 0.316. The highest BCUT2D eigenvalue weighted by molar-refractivity contribution is 7.87. The van der Waals surface area contributed by atoms with Crippen LogP contribution in [-0.2, 0) is 10.2 Å². The molecule has 1 saturated carbocycles. The van der Waals surface area contributed by atoms with Crippen LogP contribution in [0.3, 0.4) is 0 Å². The maximum atomic E-state index is 12.4. The molecule has 0 bridgehead atoms. The minimum Gasteiger partial charge on any atom is -0.316 e. The third-order valence-corrected chi connectivity index (χ3v) is 6.45. The molecule has 2 fully saturated rings. The molecule has 1 aliphatic heterocycles. The van der Waals surface area contributed by atoms with Crippen LogP contribution in [-0.4, -0.2) is 45.4 Å². The third-order valence-electron chi connectivity index (χ3n) is 4.91. The Kier molecular flexibility index (Phi) is 5.68. The predicted octanol–water partition coefficient (Wildman–Crippen LogP) is 1.58. The van der Waals surface area contributed by atoms with Gasteiger partial charge in [-0.1, -0.05) is 20.8 Å². The molecule has 0 spiro atoms. The zero-order chi connectivity index (χ0) is 15.5. The van der Waals surface area contributed by atoms with Crippen molar-refractivity contribution in [1.29, 1.82) is 0 Å². The Morgan fingerprint density at radius 1 is 1.29 bits per heavy atom. The topological polar surface area (TPSA) is 61.4 Å². The molecule has 1 saturated heterocycles. The Bertz CT molecular complexity index is 436. The average molecular weight is 317 g/mol. The van der Waals surface area contributed by atoms with Gasteiger partial charge in [-0.05, 0) is 56.0 Å². The Balaban J connectivity index is 1.78. The standard InChI is InChI=1S/C15H31N3O2S/c1-4-7-16-10-13-6-5-8-18(12-13)21(19,20)17-11-14-9-15(14,2)3/h13-14,16-17H,4-12H2,1-3H3. The highest BCUT2D eigenvalue weighted by atomic mass is 32.2. The van der Waals surface area contributed by atoms with Crippen LogP contribution in [0.15, 0.2) is 0 Å². The fourth-order valence-corrected chi connectivity index (χ4v) is 4.49. The molecule has 21 heavy (non-hydrogen) atoms. The SMILES string of the molecule is CCCNCC1CCCN(S(=O)(=O)NCC2CC2(C)C)C1. The summed E-state index contributed by atoms with van der Waals surface area (Å²) in [6.07, 6.45) is 4.33. The van der Waals surface area contributed by atoms with Crippen molar-refractivity contribution in [2.45, 2.75) is 46.5 Å². The lowest BCUT2D eigenvalue weighted by Crippen LogP contribution is -2.48. The van der Waals surface area contributed by atoms with Crippen LogP contribution >= 0.6 is 0 Å². The zero-order valence-electron chi connectivity index (χ0n) is 13.7. The van der Waals surface area contributed by atoms with Gasteiger partial charge < -0.3 is 5.32 Å². The third kappa shape index (κ3) is 4.91. The van der Waals surface area contributed by atoms with E-state index in [4.69, 9.17) is 0 Å². The van der Waals surface area contributed by atoms with Crippen LogP contribution in [0.1, 0.15) is 46.5 Å². The highest BCUT2D eigenvalue weighted by Gasteiger charge is 2.45. The van der Waals surface area contributed by atoms with E-state index >= 15 is 0 Å². The van der Waals surface area contributed by atoms with Crippen molar-refractivity contribution in [2.24, 2.45) is 17.3 Å². The lowest BCUT2D eigenvalue weighted by molar-refractivity contribution is 0.257. The smallest absolute Gasteiger partial charge is 0.279 e. The van der Waals surface area contributed by atoms with Gasteiger partial charge in [0, 0.05) is 19.6 Å². The van der Waals surface area contributed by atoms with Crippen molar-refractivity contribution in [2.75, 3.05) is 32.7 Å². The first-order valence-electron chi connectivity index (χ1n) is 8.30. The number of piperidine rings is 1. The van der Waals surface area contributed by atoms with Gasteiger partial charge in [0.05, 0.1) is 0 Å². The largest absolute Gasteiger partial charge is 0.316 e. The number of hydrogen-bond donors (Lipinski definition) is 2. The van der Waals surface area contributed by atoms with Crippen LogP contribution in [0.4, 0.5) is 0 Å². The van der Waals surface area contributed by atoms with Gasteiger partial charge >= 0.3 is 0 Å². The molecule has 2 rings (SSSR count). The Hall–Kier alpha value is -0.170. The van der Waals surface area contributed by atoms with Gasteiger partial charge in [-0.3, -0.25) is 0 Å². The maximum Gasteiger partial charge on any atom is 0.279 e. The molecule has 0 amide bonds. The molecule has 1 aliphatic carbocycles. The fourth-order valence-electron chi connectivity index (χ4n) is 3.12. The second-order valence-corrected chi connectivity index (χ2v) is 9.07. The molecule has 6 heteroatoms. The van der Waals surface area contributed by atoms with E-state index in [0.29, 0.717) is 36.9 Å². The summed E-state index contributed by atoms with van der Waals surface area (Å²) in [5.74, 6) is 0.943. The molecule has 1 heterocycles. The molecule has 0 aromatic rings. The Morgan fingerprint density at radius 2 is 2.00 bits per heavy atom. The molecule has 0 radical (unpaired) electrons. The molecule has 2 atom stereocenters. The molecule has 2 N–H and O–H groups in total.